The van der Waals surface area contributed by atoms with Gasteiger partial charge in [0.15, 0.2) is 6.17 Å². The van der Waals surface area contributed by atoms with Crippen LogP contribution >= 0.6 is 0 Å². The van der Waals surface area contributed by atoms with Crippen LogP contribution in [0.5, 0.6) is 0 Å². The van der Waals surface area contributed by atoms with E-state index < -0.39 is 6.17 Å². The molecule has 0 saturated heterocycles. The van der Waals surface area contributed by atoms with Gasteiger partial charge in [-0.15, -0.1) is 0 Å². The highest BCUT2D eigenvalue weighted by atomic mass is 16.2. The fourth-order valence-electron chi connectivity index (χ4n) is 5.10. The van der Waals surface area contributed by atoms with Crippen LogP contribution in [-0.2, 0) is 9.59 Å². The van der Waals surface area contributed by atoms with Crippen molar-refractivity contribution < 1.29 is 9.59 Å². The molecule has 43 heavy (non-hydrogen) atoms. The summed E-state index contributed by atoms with van der Waals surface area (Å²) in [5.74, 6) is -0.424. The summed E-state index contributed by atoms with van der Waals surface area (Å²) >= 11 is 0. The first-order chi connectivity index (χ1) is 21.1. The number of nitrogens with two attached hydrogens (primary N) is 1. The summed E-state index contributed by atoms with van der Waals surface area (Å²) in [7, 11) is 0. The monoisotopic (exact) mass is 602 g/mol. The Morgan fingerprint density at radius 1 is 0.535 bits per heavy atom. The highest BCUT2D eigenvalue weighted by Crippen LogP contribution is 2.10. The number of hydrogen-bond acceptors (Lipinski definition) is 3. The molecule has 0 aliphatic carbocycles. The normalized spacial score (nSPS) is 12.5. The van der Waals surface area contributed by atoms with E-state index in [2.05, 4.69) is 60.9 Å². The minimum absolute atomic E-state index is 0.134. The summed E-state index contributed by atoms with van der Waals surface area (Å²) < 4.78 is 0. The first-order valence-electron chi connectivity index (χ1n) is 18.4. The van der Waals surface area contributed by atoms with Crippen molar-refractivity contribution in [3.8, 4) is 0 Å². The molecule has 0 aromatic rings. The molecule has 0 aliphatic rings. The summed E-state index contributed by atoms with van der Waals surface area (Å²) in [6.07, 6.45) is 43.8. The van der Waals surface area contributed by atoms with Crippen molar-refractivity contribution >= 4 is 11.8 Å². The lowest BCUT2D eigenvalue weighted by atomic mass is 10.1. The summed E-state index contributed by atoms with van der Waals surface area (Å²) in [6, 6.07) is 0. The Bertz CT molecular complexity index is 701. The number of rotatable bonds is 32. The molecule has 0 spiro atoms. The van der Waals surface area contributed by atoms with Gasteiger partial charge in [0, 0.05) is 13.0 Å². The van der Waals surface area contributed by atoms with Crippen molar-refractivity contribution in [1.29, 1.82) is 0 Å². The van der Waals surface area contributed by atoms with E-state index in [0.717, 1.165) is 44.9 Å². The van der Waals surface area contributed by atoms with E-state index in [4.69, 9.17) is 5.73 Å². The van der Waals surface area contributed by atoms with E-state index in [-0.39, 0.29) is 11.8 Å². The molecule has 0 fully saturated rings. The molecule has 2 amide bonds. The third kappa shape index (κ3) is 32.9. The Hall–Kier alpha value is -1.88. The van der Waals surface area contributed by atoms with E-state index in [0.29, 0.717) is 13.0 Å². The van der Waals surface area contributed by atoms with E-state index in [1.165, 1.54) is 116 Å². The average molecular weight is 602 g/mol. The molecule has 0 bridgehead atoms. The number of carbonyl (C=O) groups is 2. The van der Waals surface area contributed by atoms with Crippen LogP contribution < -0.4 is 16.4 Å². The summed E-state index contributed by atoms with van der Waals surface area (Å²) in [5, 5.41) is 5.51. The topological polar surface area (TPSA) is 84.2 Å². The summed E-state index contributed by atoms with van der Waals surface area (Å²) in [5.41, 5.74) is 5.89. The second kappa shape index (κ2) is 34.6. The van der Waals surface area contributed by atoms with Gasteiger partial charge >= 0.3 is 0 Å². The minimum Gasteiger partial charge on any atom is -0.353 e. The molecule has 250 valence electrons. The SMILES string of the molecule is CCCCCC=CCC=CCCCCCCCC(=O)NC(N)C(=O)NCCCCCCCCC=CCCCCCCCC. The highest BCUT2D eigenvalue weighted by Gasteiger charge is 2.15. The zero-order valence-electron chi connectivity index (χ0n) is 28.5. The minimum atomic E-state index is -0.959. The largest absolute Gasteiger partial charge is 0.353 e. The lowest BCUT2D eigenvalue weighted by Crippen LogP contribution is -2.52. The maximum absolute atomic E-state index is 12.2. The van der Waals surface area contributed by atoms with Crippen molar-refractivity contribution in [3.05, 3.63) is 36.5 Å². The van der Waals surface area contributed by atoms with Gasteiger partial charge in [-0.25, -0.2) is 0 Å². The van der Waals surface area contributed by atoms with Crippen LogP contribution in [0.4, 0.5) is 0 Å². The molecule has 0 saturated carbocycles. The van der Waals surface area contributed by atoms with Crippen molar-refractivity contribution in [3.63, 3.8) is 0 Å². The van der Waals surface area contributed by atoms with Gasteiger partial charge in [-0.2, -0.15) is 0 Å². The first-order valence-corrected chi connectivity index (χ1v) is 18.4. The van der Waals surface area contributed by atoms with Gasteiger partial charge < -0.3 is 16.4 Å². The molecule has 0 rings (SSSR count). The van der Waals surface area contributed by atoms with Crippen LogP contribution in [-0.4, -0.2) is 24.5 Å². The predicted octanol–water partition coefficient (Wildman–Crippen LogP) is 10.4. The molecular weight excluding hydrogens is 530 g/mol. The molecule has 5 nitrogen and oxygen atoms in total. The molecule has 0 heterocycles. The number of amides is 2. The van der Waals surface area contributed by atoms with Gasteiger partial charge in [0.05, 0.1) is 0 Å². The number of carbonyl (C=O) groups excluding carboxylic acids is 2. The van der Waals surface area contributed by atoms with Crippen LogP contribution in [0.2, 0.25) is 0 Å². The van der Waals surface area contributed by atoms with Crippen LogP contribution in [0, 0.1) is 0 Å². The second-order valence-corrected chi connectivity index (χ2v) is 12.3. The Labute approximate surface area is 267 Å². The molecule has 1 unspecified atom stereocenters. The van der Waals surface area contributed by atoms with E-state index in [1.54, 1.807) is 0 Å². The van der Waals surface area contributed by atoms with Crippen LogP contribution in [0.15, 0.2) is 36.5 Å². The Kier molecular flexibility index (Phi) is 33.1. The van der Waals surface area contributed by atoms with Crippen molar-refractivity contribution in [2.75, 3.05) is 6.54 Å². The number of nitrogens with one attached hydrogen (secondary N) is 2. The lowest BCUT2D eigenvalue weighted by molar-refractivity contribution is -0.128. The molecule has 0 aliphatic heterocycles. The lowest BCUT2D eigenvalue weighted by Gasteiger charge is -2.14. The number of unbranched alkanes of at least 4 members (excludes halogenated alkanes) is 20. The van der Waals surface area contributed by atoms with Crippen molar-refractivity contribution in [2.24, 2.45) is 5.73 Å². The van der Waals surface area contributed by atoms with Gasteiger partial charge in [0.2, 0.25) is 5.91 Å². The average Bonchev–Trinajstić information content (AvgIpc) is 3.00. The molecular formula is C38H71N3O2. The maximum atomic E-state index is 12.2. The number of hydrogen-bond donors (Lipinski definition) is 3. The van der Waals surface area contributed by atoms with E-state index in [1.807, 2.05) is 0 Å². The molecule has 5 heteroatoms. The molecule has 0 aromatic carbocycles. The van der Waals surface area contributed by atoms with Crippen molar-refractivity contribution in [1.82, 2.24) is 10.6 Å². The van der Waals surface area contributed by atoms with Gasteiger partial charge in [-0.05, 0) is 70.6 Å². The highest BCUT2D eigenvalue weighted by molar-refractivity contribution is 5.86. The van der Waals surface area contributed by atoms with E-state index >= 15 is 0 Å². The second-order valence-electron chi connectivity index (χ2n) is 12.3. The summed E-state index contributed by atoms with van der Waals surface area (Å²) in [4.78, 5) is 24.3. The third-order valence-electron chi connectivity index (χ3n) is 7.94. The molecule has 1 atom stereocenters. The Morgan fingerprint density at radius 2 is 0.930 bits per heavy atom. The maximum Gasteiger partial charge on any atom is 0.257 e. The van der Waals surface area contributed by atoms with Gasteiger partial charge in [0.25, 0.3) is 5.91 Å². The van der Waals surface area contributed by atoms with Gasteiger partial charge in [-0.1, -0.05) is 140 Å². The van der Waals surface area contributed by atoms with Gasteiger partial charge in [0.1, 0.15) is 0 Å². The zero-order valence-corrected chi connectivity index (χ0v) is 28.5. The standard InChI is InChI=1S/C38H71N3O2/c1-3-5-7-9-11-13-15-17-19-21-23-25-27-29-31-33-35-40-38(43)37(39)41-36(42)34-32-30-28-26-24-22-20-18-16-14-12-10-8-6-4-2/h12,14,17-20,37H,3-11,13,15-16,21-35,39H2,1-2H3,(H,40,43)(H,41,42). The fraction of sp³-hybridized carbons (Fsp3) is 0.789. The van der Waals surface area contributed by atoms with Crippen LogP contribution in [0.25, 0.3) is 0 Å². The van der Waals surface area contributed by atoms with Crippen LogP contribution in [0.3, 0.4) is 0 Å². The Balaban J connectivity index is 3.50. The van der Waals surface area contributed by atoms with Gasteiger partial charge in [-0.3, -0.25) is 9.59 Å². The zero-order chi connectivity index (χ0) is 31.5. The van der Waals surface area contributed by atoms with Crippen molar-refractivity contribution in [2.45, 2.75) is 187 Å². The molecule has 0 aromatic heterocycles. The predicted molar refractivity (Wildman–Crippen MR) is 188 cm³/mol. The smallest absolute Gasteiger partial charge is 0.257 e. The Morgan fingerprint density at radius 3 is 1.47 bits per heavy atom. The fourth-order valence-corrected chi connectivity index (χ4v) is 5.10. The van der Waals surface area contributed by atoms with Crippen LogP contribution in [0.1, 0.15) is 181 Å². The summed E-state index contributed by atoms with van der Waals surface area (Å²) in [6.45, 7) is 5.13. The van der Waals surface area contributed by atoms with E-state index in [9.17, 15) is 9.59 Å². The number of allylic oxidation sites excluding steroid dienone is 6. The molecule has 0 radical (unpaired) electrons. The first kappa shape index (κ1) is 41.1. The third-order valence-corrected chi connectivity index (χ3v) is 7.94. The molecule has 4 N–H and O–H groups in total. The quantitative estimate of drug-likeness (QED) is 0.0407.